The van der Waals surface area contributed by atoms with Gasteiger partial charge in [-0.3, -0.25) is 24.6 Å². The SMILES string of the molecule is Cc1cn(C(C)C(=O)NN)c(=O)[nH]c1=O. The van der Waals surface area contributed by atoms with Crippen molar-refractivity contribution in [2.24, 2.45) is 5.84 Å². The van der Waals surface area contributed by atoms with Crippen LogP contribution in [0.15, 0.2) is 15.8 Å². The van der Waals surface area contributed by atoms with Gasteiger partial charge in [-0.1, -0.05) is 0 Å². The van der Waals surface area contributed by atoms with Gasteiger partial charge in [0.15, 0.2) is 0 Å². The zero-order valence-electron chi connectivity index (χ0n) is 8.40. The normalized spacial score (nSPS) is 12.2. The minimum atomic E-state index is -0.766. The highest BCUT2D eigenvalue weighted by molar-refractivity contribution is 5.79. The van der Waals surface area contributed by atoms with Gasteiger partial charge in [-0.25, -0.2) is 10.6 Å². The van der Waals surface area contributed by atoms with E-state index in [0.717, 1.165) is 4.57 Å². The number of carbonyl (C=O) groups excluding carboxylic acids is 1. The van der Waals surface area contributed by atoms with Crippen molar-refractivity contribution in [1.29, 1.82) is 0 Å². The van der Waals surface area contributed by atoms with Crippen LogP contribution >= 0.6 is 0 Å². The van der Waals surface area contributed by atoms with Gasteiger partial charge in [-0.05, 0) is 13.8 Å². The van der Waals surface area contributed by atoms with E-state index in [-0.39, 0.29) is 0 Å². The number of hydrogen-bond donors (Lipinski definition) is 3. The number of hydrogen-bond acceptors (Lipinski definition) is 4. The number of amides is 1. The molecule has 1 unspecified atom stereocenters. The Balaban J connectivity index is 3.27. The fraction of sp³-hybridized carbons (Fsp3) is 0.375. The van der Waals surface area contributed by atoms with Gasteiger partial charge in [0, 0.05) is 11.8 Å². The Bertz CT molecular complexity index is 487. The third-order valence-corrected chi connectivity index (χ3v) is 2.08. The summed E-state index contributed by atoms with van der Waals surface area (Å²) >= 11 is 0. The van der Waals surface area contributed by atoms with Crippen molar-refractivity contribution >= 4 is 5.91 Å². The van der Waals surface area contributed by atoms with Gasteiger partial charge in [0.25, 0.3) is 11.5 Å². The summed E-state index contributed by atoms with van der Waals surface area (Å²) in [4.78, 5) is 35.7. The summed E-state index contributed by atoms with van der Waals surface area (Å²) in [6.07, 6.45) is 1.32. The maximum Gasteiger partial charge on any atom is 0.329 e. The first-order valence-electron chi connectivity index (χ1n) is 4.30. The average molecular weight is 212 g/mol. The zero-order chi connectivity index (χ0) is 11.6. The number of carbonyl (C=O) groups is 1. The van der Waals surface area contributed by atoms with E-state index >= 15 is 0 Å². The molecule has 7 heteroatoms. The van der Waals surface area contributed by atoms with E-state index < -0.39 is 23.2 Å². The van der Waals surface area contributed by atoms with Crippen molar-refractivity contribution in [1.82, 2.24) is 15.0 Å². The van der Waals surface area contributed by atoms with Crippen LogP contribution in [0.3, 0.4) is 0 Å². The molecular formula is C8H12N4O3. The van der Waals surface area contributed by atoms with Crippen molar-refractivity contribution in [3.05, 3.63) is 32.6 Å². The van der Waals surface area contributed by atoms with Gasteiger partial charge in [0.2, 0.25) is 0 Å². The summed E-state index contributed by atoms with van der Waals surface area (Å²) in [5.74, 6) is 4.43. The Hall–Kier alpha value is -1.89. The highest BCUT2D eigenvalue weighted by Crippen LogP contribution is 2.00. The van der Waals surface area contributed by atoms with Crippen LogP contribution in [0.1, 0.15) is 18.5 Å². The number of rotatable bonds is 2. The quantitative estimate of drug-likeness (QED) is 0.311. The topological polar surface area (TPSA) is 110 Å². The van der Waals surface area contributed by atoms with E-state index in [4.69, 9.17) is 5.84 Å². The van der Waals surface area contributed by atoms with Gasteiger partial charge >= 0.3 is 5.69 Å². The Morgan fingerprint density at radius 2 is 2.20 bits per heavy atom. The molecule has 0 saturated heterocycles. The third kappa shape index (κ3) is 2.13. The van der Waals surface area contributed by atoms with Gasteiger partial charge in [-0.15, -0.1) is 0 Å². The number of nitrogens with two attached hydrogens (primary N) is 1. The second kappa shape index (κ2) is 4.09. The van der Waals surface area contributed by atoms with E-state index in [1.165, 1.54) is 13.1 Å². The van der Waals surface area contributed by atoms with Gasteiger partial charge in [0.05, 0.1) is 0 Å². The molecule has 7 nitrogen and oxygen atoms in total. The minimum absolute atomic E-state index is 0.353. The first-order valence-corrected chi connectivity index (χ1v) is 4.30. The number of hydrazine groups is 1. The molecule has 0 aromatic carbocycles. The van der Waals surface area contributed by atoms with Crippen molar-refractivity contribution < 1.29 is 4.79 Å². The van der Waals surface area contributed by atoms with Crippen molar-refractivity contribution in [3.63, 3.8) is 0 Å². The predicted octanol–water partition coefficient (Wildman–Crippen LogP) is -1.60. The fourth-order valence-electron chi connectivity index (χ4n) is 1.12. The summed E-state index contributed by atoms with van der Waals surface area (Å²) in [7, 11) is 0. The molecule has 0 fully saturated rings. The van der Waals surface area contributed by atoms with Crippen LogP contribution in [0.4, 0.5) is 0 Å². The second-order valence-electron chi connectivity index (χ2n) is 3.16. The van der Waals surface area contributed by atoms with Crippen molar-refractivity contribution in [2.75, 3.05) is 0 Å². The fourth-order valence-corrected chi connectivity index (χ4v) is 1.12. The number of aromatic amines is 1. The van der Waals surface area contributed by atoms with Crippen LogP contribution in [0.5, 0.6) is 0 Å². The maximum absolute atomic E-state index is 11.3. The van der Waals surface area contributed by atoms with Crippen LogP contribution in [0, 0.1) is 6.92 Å². The van der Waals surface area contributed by atoms with Crippen molar-refractivity contribution in [2.45, 2.75) is 19.9 Å². The molecule has 0 aliphatic heterocycles. The van der Waals surface area contributed by atoms with Crippen LogP contribution in [-0.4, -0.2) is 15.5 Å². The van der Waals surface area contributed by atoms with Crippen molar-refractivity contribution in [3.8, 4) is 0 Å². The molecule has 0 radical (unpaired) electrons. The molecule has 0 spiro atoms. The molecule has 1 aromatic heterocycles. The molecule has 15 heavy (non-hydrogen) atoms. The summed E-state index contributed by atoms with van der Waals surface area (Å²) < 4.78 is 1.11. The summed E-state index contributed by atoms with van der Waals surface area (Å²) in [5, 5.41) is 0. The molecule has 0 bridgehead atoms. The molecule has 1 heterocycles. The first-order chi connectivity index (χ1) is 6.97. The molecule has 0 saturated carbocycles. The number of H-pyrrole nitrogens is 1. The number of nitrogens with zero attached hydrogens (tertiary/aromatic N) is 1. The molecule has 1 rings (SSSR count). The number of aromatic nitrogens is 2. The Morgan fingerprint density at radius 1 is 1.60 bits per heavy atom. The highest BCUT2D eigenvalue weighted by Gasteiger charge is 2.15. The summed E-state index contributed by atoms with van der Waals surface area (Å²) in [6, 6.07) is -0.766. The largest absolute Gasteiger partial charge is 0.329 e. The van der Waals surface area contributed by atoms with Crippen LogP contribution in [0.2, 0.25) is 0 Å². The second-order valence-corrected chi connectivity index (χ2v) is 3.16. The monoisotopic (exact) mass is 212 g/mol. The molecular weight excluding hydrogens is 200 g/mol. The van der Waals surface area contributed by atoms with Gasteiger partial charge in [-0.2, -0.15) is 0 Å². The van der Waals surface area contributed by atoms with E-state index in [1.807, 2.05) is 5.43 Å². The summed E-state index contributed by atoms with van der Waals surface area (Å²) in [5.41, 5.74) is 1.19. The average Bonchev–Trinajstić information content (AvgIpc) is 2.21. The minimum Gasteiger partial charge on any atom is -0.292 e. The lowest BCUT2D eigenvalue weighted by Gasteiger charge is -2.12. The van der Waals surface area contributed by atoms with E-state index in [2.05, 4.69) is 4.98 Å². The Labute approximate surface area is 84.9 Å². The third-order valence-electron chi connectivity index (χ3n) is 2.08. The zero-order valence-corrected chi connectivity index (χ0v) is 8.40. The van der Waals surface area contributed by atoms with Gasteiger partial charge < -0.3 is 0 Å². The lowest BCUT2D eigenvalue weighted by Crippen LogP contribution is -2.41. The van der Waals surface area contributed by atoms with Crippen LogP contribution in [0.25, 0.3) is 0 Å². The molecule has 1 amide bonds. The Morgan fingerprint density at radius 3 is 2.73 bits per heavy atom. The van der Waals surface area contributed by atoms with E-state index in [0.29, 0.717) is 5.56 Å². The molecule has 4 N–H and O–H groups in total. The number of aryl methyl sites for hydroxylation is 1. The lowest BCUT2D eigenvalue weighted by atomic mass is 10.3. The molecule has 0 aliphatic carbocycles. The smallest absolute Gasteiger partial charge is 0.292 e. The number of nitrogens with one attached hydrogen (secondary N) is 2. The highest BCUT2D eigenvalue weighted by atomic mass is 16.2. The van der Waals surface area contributed by atoms with E-state index in [9.17, 15) is 14.4 Å². The molecule has 82 valence electrons. The Kier molecular flexibility index (Phi) is 3.05. The molecule has 1 aromatic rings. The maximum atomic E-state index is 11.3. The first kappa shape index (κ1) is 11.2. The standard InChI is InChI=1S/C8H12N4O3/c1-4-3-12(5(2)7(14)11-9)8(15)10-6(4)13/h3,5H,9H2,1-2H3,(H,11,14)(H,10,13,15). The molecule has 0 aliphatic rings. The lowest BCUT2D eigenvalue weighted by molar-refractivity contribution is -0.124. The molecule has 1 atom stereocenters. The van der Waals surface area contributed by atoms with Gasteiger partial charge in [0.1, 0.15) is 6.04 Å². The van der Waals surface area contributed by atoms with Crippen LogP contribution < -0.4 is 22.5 Å². The van der Waals surface area contributed by atoms with E-state index in [1.54, 1.807) is 6.92 Å². The summed E-state index contributed by atoms with van der Waals surface area (Å²) in [6.45, 7) is 3.04. The van der Waals surface area contributed by atoms with Crippen LogP contribution in [-0.2, 0) is 4.79 Å². The predicted molar refractivity (Wildman–Crippen MR) is 53.1 cm³/mol.